The largest absolute Gasteiger partial charge is 0.449 e. The molecule has 1 fully saturated rings. The van der Waals surface area contributed by atoms with E-state index in [1.165, 1.54) is 0 Å². The second-order valence-corrected chi connectivity index (χ2v) is 5.05. The predicted molar refractivity (Wildman–Crippen MR) is 84.6 cm³/mol. The molecule has 3 rings (SSSR count). The molecule has 2 N–H and O–H groups in total. The van der Waals surface area contributed by atoms with Gasteiger partial charge in [0.25, 0.3) is 0 Å². The highest BCUT2D eigenvalue weighted by atomic mass is 16.5. The van der Waals surface area contributed by atoms with Crippen molar-refractivity contribution < 1.29 is 9.15 Å². The molecule has 2 aromatic rings. The lowest BCUT2D eigenvalue weighted by molar-refractivity contribution is 0.122. The fourth-order valence-electron chi connectivity index (χ4n) is 2.40. The number of nitrogens with zero attached hydrogens (tertiary/aromatic N) is 3. The predicted octanol–water partition coefficient (Wildman–Crippen LogP) is 1.47. The number of aromatic nitrogens is 2. The second-order valence-electron chi connectivity index (χ2n) is 5.05. The van der Waals surface area contributed by atoms with Crippen LogP contribution in [0.25, 0.3) is 11.1 Å². The maximum Gasteiger partial charge on any atom is 0.195 e. The van der Waals surface area contributed by atoms with Crippen LogP contribution in [0.1, 0.15) is 11.6 Å². The molecule has 0 amide bonds. The first-order chi connectivity index (χ1) is 10.7. The van der Waals surface area contributed by atoms with Gasteiger partial charge in [-0.3, -0.25) is 5.41 Å². The molecule has 116 valence electrons. The van der Waals surface area contributed by atoms with Crippen molar-refractivity contribution in [3.05, 3.63) is 29.9 Å². The highest BCUT2D eigenvalue weighted by Crippen LogP contribution is 2.28. The van der Waals surface area contributed by atoms with E-state index in [9.17, 15) is 0 Å². The molecule has 1 saturated heterocycles. The molecule has 0 saturated carbocycles. The van der Waals surface area contributed by atoms with Crippen molar-refractivity contribution in [3.8, 4) is 0 Å². The van der Waals surface area contributed by atoms with E-state index in [0.717, 1.165) is 24.4 Å². The zero-order valence-electron chi connectivity index (χ0n) is 12.7. The normalized spacial score (nSPS) is 15.6. The van der Waals surface area contributed by atoms with Crippen molar-refractivity contribution in [1.29, 1.82) is 5.41 Å². The van der Waals surface area contributed by atoms with E-state index in [2.05, 4.69) is 20.2 Å². The van der Waals surface area contributed by atoms with Gasteiger partial charge in [-0.15, -0.1) is 0 Å². The zero-order valence-corrected chi connectivity index (χ0v) is 12.7. The smallest absolute Gasteiger partial charge is 0.195 e. The van der Waals surface area contributed by atoms with Crippen molar-refractivity contribution >= 4 is 22.6 Å². The SMILES string of the molecule is CN/C=C\C(=N)c1cc2nc(C)nc(N3CCOCC3)c2o1. The molecule has 0 aliphatic carbocycles. The van der Waals surface area contributed by atoms with Crippen LogP contribution in [0.15, 0.2) is 22.8 Å². The molecule has 3 heterocycles. The van der Waals surface area contributed by atoms with Gasteiger partial charge >= 0.3 is 0 Å². The van der Waals surface area contributed by atoms with E-state index < -0.39 is 0 Å². The average Bonchev–Trinajstić information content (AvgIpc) is 2.96. The third-order valence-corrected chi connectivity index (χ3v) is 3.46. The number of hydrogen-bond donors (Lipinski definition) is 2. The van der Waals surface area contributed by atoms with Crippen LogP contribution in [0, 0.1) is 12.3 Å². The maximum atomic E-state index is 8.03. The van der Waals surface area contributed by atoms with Crippen molar-refractivity contribution in [3.63, 3.8) is 0 Å². The van der Waals surface area contributed by atoms with Gasteiger partial charge in [0.05, 0.1) is 18.9 Å². The number of aryl methyl sites for hydroxylation is 1. The Bertz CT molecular complexity index is 716. The number of anilines is 1. The summed E-state index contributed by atoms with van der Waals surface area (Å²) in [6.07, 6.45) is 3.34. The summed E-state index contributed by atoms with van der Waals surface area (Å²) < 4.78 is 11.2. The Morgan fingerprint density at radius 2 is 2.14 bits per heavy atom. The van der Waals surface area contributed by atoms with E-state index in [-0.39, 0.29) is 5.71 Å². The lowest BCUT2D eigenvalue weighted by atomic mass is 10.2. The quantitative estimate of drug-likeness (QED) is 0.832. The van der Waals surface area contributed by atoms with Crippen molar-refractivity contribution in [2.45, 2.75) is 6.92 Å². The summed E-state index contributed by atoms with van der Waals surface area (Å²) in [6.45, 7) is 4.78. The van der Waals surface area contributed by atoms with Gasteiger partial charge in [-0.05, 0) is 19.2 Å². The fourth-order valence-corrected chi connectivity index (χ4v) is 2.40. The third kappa shape index (κ3) is 2.80. The first kappa shape index (κ1) is 14.5. The molecule has 0 aromatic carbocycles. The number of rotatable bonds is 4. The first-order valence-electron chi connectivity index (χ1n) is 7.22. The Morgan fingerprint density at radius 1 is 1.36 bits per heavy atom. The minimum atomic E-state index is 0.290. The van der Waals surface area contributed by atoms with Crippen molar-refractivity contribution in [1.82, 2.24) is 15.3 Å². The van der Waals surface area contributed by atoms with Gasteiger partial charge in [0.2, 0.25) is 0 Å². The van der Waals surface area contributed by atoms with Crippen LogP contribution in [0.3, 0.4) is 0 Å². The summed E-state index contributed by atoms with van der Waals surface area (Å²) >= 11 is 0. The molecule has 0 radical (unpaired) electrons. The molecule has 0 unspecified atom stereocenters. The highest BCUT2D eigenvalue weighted by molar-refractivity contribution is 6.06. The maximum absolute atomic E-state index is 8.03. The molecule has 7 heteroatoms. The number of nitrogens with one attached hydrogen (secondary N) is 2. The van der Waals surface area contributed by atoms with Gasteiger partial charge in [-0.25, -0.2) is 9.97 Å². The summed E-state index contributed by atoms with van der Waals surface area (Å²) in [5.41, 5.74) is 1.65. The van der Waals surface area contributed by atoms with Crippen LogP contribution in [0.4, 0.5) is 5.82 Å². The second kappa shape index (κ2) is 6.15. The minimum Gasteiger partial charge on any atom is -0.449 e. The van der Waals surface area contributed by atoms with E-state index in [1.54, 1.807) is 25.4 Å². The van der Waals surface area contributed by atoms with Crippen LogP contribution >= 0.6 is 0 Å². The van der Waals surface area contributed by atoms with Crippen LogP contribution in [-0.2, 0) is 4.74 Å². The number of ether oxygens (including phenoxy) is 1. The fraction of sp³-hybridized carbons (Fsp3) is 0.400. The van der Waals surface area contributed by atoms with Gasteiger partial charge in [0.15, 0.2) is 17.2 Å². The zero-order chi connectivity index (χ0) is 15.5. The topological polar surface area (TPSA) is 87.3 Å². The standard InChI is InChI=1S/C15H19N5O2/c1-10-18-12-9-13(11(16)3-4-17-2)22-14(12)15(19-10)20-5-7-21-8-6-20/h3-4,9,16-17H,5-8H2,1-2H3/b4-3-,16-11?. The van der Waals surface area contributed by atoms with E-state index in [1.807, 2.05) is 6.92 Å². The van der Waals surface area contributed by atoms with Crippen LogP contribution in [0.5, 0.6) is 0 Å². The molecule has 7 nitrogen and oxygen atoms in total. The number of furan rings is 1. The Labute approximate surface area is 128 Å². The van der Waals surface area contributed by atoms with Crippen LogP contribution in [-0.4, -0.2) is 49.0 Å². The number of morpholine rings is 1. The molecule has 2 aromatic heterocycles. The summed E-state index contributed by atoms with van der Waals surface area (Å²) in [4.78, 5) is 11.1. The minimum absolute atomic E-state index is 0.290. The van der Waals surface area contributed by atoms with Gasteiger partial charge in [-0.2, -0.15) is 0 Å². The van der Waals surface area contributed by atoms with E-state index >= 15 is 0 Å². The van der Waals surface area contributed by atoms with E-state index in [4.69, 9.17) is 14.6 Å². The molecule has 22 heavy (non-hydrogen) atoms. The molecular formula is C15H19N5O2. The molecule has 0 spiro atoms. The van der Waals surface area contributed by atoms with E-state index in [0.29, 0.717) is 30.4 Å². The van der Waals surface area contributed by atoms with Crippen LogP contribution in [0.2, 0.25) is 0 Å². The third-order valence-electron chi connectivity index (χ3n) is 3.46. The van der Waals surface area contributed by atoms with Crippen molar-refractivity contribution in [2.75, 3.05) is 38.3 Å². The summed E-state index contributed by atoms with van der Waals surface area (Å²) in [5, 5.41) is 10.9. The molecule has 1 aliphatic rings. The van der Waals surface area contributed by atoms with Crippen LogP contribution < -0.4 is 10.2 Å². The van der Waals surface area contributed by atoms with Gasteiger partial charge in [-0.1, -0.05) is 0 Å². The number of allylic oxidation sites excluding steroid dienone is 1. The van der Waals surface area contributed by atoms with Gasteiger partial charge < -0.3 is 19.4 Å². The molecule has 0 bridgehead atoms. The average molecular weight is 301 g/mol. The Morgan fingerprint density at radius 3 is 2.86 bits per heavy atom. The molecular weight excluding hydrogens is 282 g/mol. The summed E-state index contributed by atoms with van der Waals surface area (Å²) in [5.74, 6) is 1.96. The Hall–Kier alpha value is -2.41. The number of hydrogen-bond acceptors (Lipinski definition) is 7. The Balaban J connectivity index is 2.03. The molecule has 1 aliphatic heterocycles. The van der Waals surface area contributed by atoms with Gasteiger partial charge in [0, 0.05) is 26.2 Å². The lowest BCUT2D eigenvalue weighted by Crippen LogP contribution is -2.37. The highest BCUT2D eigenvalue weighted by Gasteiger charge is 2.20. The summed E-state index contributed by atoms with van der Waals surface area (Å²) in [7, 11) is 1.79. The van der Waals surface area contributed by atoms with Crippen molar-refractivity contribution in [2.24, 2.45) is 0 Å². The lowest BCUT2D eigenvalue weighted by Gasteiger charge is -2.27. The first-order valence-corrected chi connectivity index (χ1v) is 7.22. The van der Waals surface area contributed by atoms with Gasteiger partial charge in [0.1, 0.15) is 11.3 Å². The number of fused-ring (bicyclic) bond motifs is 1. The summed E-state index contributed by atoms with van der Waals surface area (Å²) in [6, 6.07) is 1.79. The Kier molecular flexibility index (Phi) is 4.06. The molecule has 0 atom stereocenters. The monoisotopic (exact) mass is 301 g/mol.